The lowest BCUT2D eigenvalue weighted by Crippen LogP contribution is -2.22. The van der Waals surface area contributed by atoms with Crippen LogP contribution >= 0.6 is 38.5 Å². The molecule has 0 aliphatic rings. The van der Waals surface area contributed by atoms with E-state index in [-0.39, 0.29) is 11.8 Å². The molecule has 33 heavy (non-hydrogen) atoms. The summed E-state index contributed by atoms with van der Waals surface area (Å²) in [7, 11) is 1.62. The number of nitrogens with one attached hydrogen (secondary N) is 1. The highest BCUT2D eigenvalue weighted by molar-refractivity contribution is 14.1. The number of nitrogens with zero attached hydrogens (tertiary/aromatic N) is 1. The smallest absolute Gasteiger partial charge is 0.262 e. The molecular formula is C26H22BrIN2O3. The van der Waals surface area contributed by atoms with Crippen LogP contribution in [0.1, 0.15) is 22.8 Å². The van der Waals surface area contributed by atoms with Crippen molar-refractivity contribution in [2.45, 2.75) is 13.3 Å². The maximum atomic E-state index is 13.9. The quantitative estimate of drug-likeness (QED) is 0.268. The zero-order valence-corrected chi connectivity index (χ0v) is 21.9. The first kappa shape index (κ1) is 23.5. The predicted molar refractivity (Wildman–Crippen MR) is 143 cm³/mol. The van der Waals surface area contributed by atoms with Crippen molar-refractivity contribution in [3.05, 3.63) is 85.9 Å². The summed E-state index contributed by atoms with van der Waals surface area (Å²) in [6.07, 6.45) is 0.568. The van der Waals surface area contributed by atoms with Crippen molar-refractivity contribution < 1.29 is 14.3 Å². The molecule has 0 fully saturated rings. The van der Waals surface area contributed by atoms with Gasteiger partial charge in [0.1, 0.15) is 5.75 Å². The zero-order valence-electron chi connectivity index (χ0n) is 18.2. The van der Waals surface area contributed by atoms with E-state index in [4.69, 9.17) is 4.74 Å². The second kappa shape index (κ2) is 10.1. The molecule has 0 atom stereocenters. The van der Waals surface area contributed by atoms with Crippen LogP contribution in [0.2, 0.25) is 0 Å². The van der Waals surface area contributed by atoms with E-state index >= 15 is 0 Å². The van der Waals surface area contributed by atoms with Gasteiger partial charge in [0.15, 0.2) is 0 Å². The molecule has 0 saturated heterocycles. The highest BCUT2D eigenvalue weighted by Gasteiger charge is 2.24. The molecule has 1 heterocycles. The Morgan fingerprint density at radius 2 is 1.76 bits per heavy atom. The fourth-order valence-electron chi connectivity index (χ4n) is 3.96. The van der Waals surface area contributed by atoms with Crippen LogP contribution in [-0.2, 0) is 11.2 Å². The molecule has 1 amide bonds. The van der Waals surface area contributed by atoms with E-state index in [1.807, 2.05) is 66.7 Å². The number of carbonyl (C=O) groups excluding carboxylic acids is 2. The maximum Gasteiger partial charge on any atom is 0.262 e. The van der Waals surface area contributed by atoms with E-state index < -0.39 is 0 Å². The van der Waals surface area contributed by atoms with E-state index in [9.17, 15) is 9.59 Å². The number of benzene rings is 3. The van der Waals surface area contributed by atoms with E-state index in [0.717, 1.165) is 35.8 Å². The molecule has 4 aromatic rings. The van der Waals surface area contributed by atoms with Crippen molar-refractivity contribution in [2.75, 3.05) is 13.7 Å². The molecule has 1 aromatic heterocycles. The van der Waals surface area contributed by atoms with Gasteiger partial charge in [0.25, 0.3) is 5.91 Å². The number of halogens is 2. The Morgan fingerprint density at radius 1 is 1.06 bits per heavy atom. The topological polar surface area (TPSA) is 60.3 Å². The molecule has 7 heteroatoms. The second-order valence-electron chi connectivity index (χ2n) is 7.58. The standard InChI is InChI=1S/C26H22BrIN2O3/c1-16(31)29-13-12-20-21-14-24(33-2)22(27)15-23(21)30(25(20)17-6-4-3-5-7-17)26(32)18-8-10-19(28)11-9-18/h3-11,14-15H,12-13H2,1-2H3,(H,29,31). The Hall–Kier alpha value is -2.65. The van der Waals surface area contributed by atoms with Crippen molar-refractivity contribution >= 4 is 61.2 Å². The van der Waals surface area contributed by atoms with E-state index in [1.54, 1.807) is 11.7 Å². The largest absolute Gasteiger partial charge is 0.496 e. The molecule has 0 spiro atoms. The second-order valence-corrected chi connectivity index (χ2v) is 9.68. The van der Waals surface area contributed by atoms with Crippen LogP contribution in [0.15, 0.2) is 71.2 Å². The zero-order chi connectivity index (χ0) is 23.5. The van der Waals surface area contributed by atoms with Crippen molar-refractivity contribution in [3.8, 4) is 17.0 Å². The van der Waals surface area contributed by atoms with Crippen molar-refractivity contribution in [1.29, 1.82) is 0 Å². The summed E-state index contributed by atoms with van der Waals surface area (Å²) in [5, 5.41) is 3.79. The number of methoxy groups -OCH3 is 1. The third-order valence-corrected chi connectivity index (χ3v) is 6.77. The highest BCUT2D eigenvalue weighted by atomic mass is 127. The van der Waals surface area contributed by atoms with Crippen LogP contribution in [0.4, 0.5) is 0 Å². The number of hydrogen-bond donors (Lipinski definition) is 1. The minimum absolute atomic E-state index is 0.0877. The van der Waals surface area contributed by atoms with E-state index in [0.29, 0.717) is 24.3 Å². The summed E-state index contributed by atoms with van der Waals surface area (Å²) in [4.78, 5) is 25.4. The van der Waals surface area contributed by atoms with Gasteiger partial charge in [-0.15, -0.1) is 0 Å². The van der Waals surface area contributed by atoms with Gasteiger partial charge in [-0.2, -0.15) is 0 Å². The van der Waals surface area contributed by atoms with Crippen LogP contribution in [0.25, 0.3) is 22.2 Å². The van der Waals surface area contributed by atoms with Gasteiger partial charge < -0.3 is 10.1 Å². The number of aromatic nitrogens is 1. The Morgan fingerprint density at radius 3 is 2.39 bits per heavy atom. The summed E-state index contributed by atoms with van der Waals surface area (Å²) in [5.41, 5.74) is 4.11. The first-order valence-electron chi connectivity index (χ1n) is 10.4. The minimum Gasteiger partial charge on any atom is -0.496 e. The first-order valence-corrected chi connectivity index (χ1v) is 12.3. The highest BCUT2D eigenvalue weighted by Crippen LogP contribution is 2.39. The number of carbonyl (C=O) groups is 2. The molecule has 0 aliphatic carbocycles. The summed E-state index contributed by atoms with van der Waals surface area (Å²) in [5.74, 6) is 0.482. The molecule has 0 bridgehead atoms. The van der Waals surface area contributed by atoms with Crippen LogP contribution in [-0.4, -0.2) is 30.0 Å². The lowest BCUT2D eigenvalue weighted by Gasteiger charge is -2.12. The Kier molecular flexibility index (Phi) is 7.19. The number of rotatable bonds is 6. The fourth-order valence-corrected chi connectivity index (χ4v) is 4.81. The normalized spacial score (nSPS) is 10.9. The van der Waals surface area contributed by atoms with Gasteiger partial charge in [0.05, 0.1) is 22.8 Å². The van der Waals surface area contributed by atoms with Gasteiger partial charge in [-0.1, -0.05) is 30.3 Å². The van der Waals surface area contributed by atoms with Gasteiger partial charge in [0.2, 0.25) is 5.91 Å². The maximum absolute atomic E-state index is 13.9. The summed E-state index contributed by atoms with van der Waals surface area (Å²) in [6.45, 7) is 1.96. The lowest BCUT2D eigenvalue weighted by atomic mass is 10.0. The molecule has 5 nitrogen and oxygen atoms in total. The SMILES string of the molecule is COc1cc2c(CCNC(C)=O)c(-c3ccccc3)n(C(=O)c3ccc(I)cc3)c2cc1Br. The fraction of sp³-hybridized carbons (Fsp3) is 0.154. The van der Waals surface area contributed by atoms with Gasteiger partial charge in [0, 0.05) is 28.0 Å². The van der Waals surface area contributed by atoms with Crippen LogP contribution < -0.4 is 10.1 Å². The number of hydrogen-bond acceptors (Lipinski definition) is 3. The number of ether oxygens (including phenoxy) is 1. The number of amides is 1. The van der Waals surface area contributed by atoms with Crippen molar-refractivity contribution in [2.24, 2.45) is 0 Å². The van der Waals surface area contributed by atoms with Crippen LogP contribution in [0.3, 0.4) is 0 Å². The Labute approximate surface area is 214 Å². The molecule has 3 aromatic carbocycles. The van der Waals surface area contributed by atoms with Gasteiger partial charge in [-0.25, -0.2) is 0 Å². The third-order valence-electron chi connectivity index (χ3n) is 5.44. The van der Waals surface area contributed by atoms with Crippen LogP contribution in [0.5, 0.6) is 5.75 Å². The van der Waals surface area contributed by atoms with Crippen LogP contribution in [0, 0.1) is 3.57 Å². The van der Waals surface area contributed by atoms with Gasteiger partial charge in [-0.05, 0) is 92.5 Å². The summed E-state index contributed by atoms with van der Waals surface area (Å²) >= 11 is 5.81. The molecule has 0 aliphatic heterocycles. The molecule has 1 N–H and O–H groups in total. The van der Waals surface area contributed by atoms with Gasteiger partial charge >= 0.3 is 0 Å². The summed E-state index contributed by atoms with van der Waals surface area (Å²) in [6, 6.07) is 21.3. The molecule has 0 saturated carbocycles. The monoisotopic (exact) mass is 616 g/mol. The minimum atomic E-state index is -0.113. The number of fused-ring (bicyclic) bond motifs is 1. The average Bonchev–Trinajstić information content (AvgIpc) is 3.11. The van der Waals surface area contributed by atoms with Crippen molar-refractivity contribution in [1.82, 2.24) is 9.88 Å². The molecular weight excluding hydrogens is 595 g/mol. The lowest BCUT2D eigenvalue weighted by molar-refractivity contribution is -0.118. The van der Waals surface area contributed by atoms with Crippen molar-refractivity contribution in [3.63, 3.8) is 0 Å². The molecule has 0 radical (unpaired) electrons. The average molecular weight is 617 g/mol. The first-order chi connectivity index (χ1) is 15.9. The molecule has 168 valence electrons. The Bertz CT molecular complexity index is 1330. The third kappa shape index (κ3) is 4.84. The van der Waals surface area contributed by atoms with Gasteiger partial charge in [-0.3, -0.25) is 14.2 Å². The van der Waals surface area contributed by atoms with E-state index in [2.05, 4.69) is 43.8 Å². The Balaban J connectivity index is 2.03. The van der Waals surface area contributed by atoms with E-state index in [1.165, 1.54) is 6.92 Å². The predicted octanol–water partition coefficient (Wildman–Crippen LogP) is 6.05. The molecule has 0 unspecified atom stereocenters. The molecule has 4 rings (SSSR count). The summed E-state index contributed by atoms with van der Waals surface area (Å²) < 4.78 is 9.16.